The van der Waals surface area contributed by atoms with E-state index in [1.165, 1.54) is 12.1 Å². The summed E-state index contributed by atoms with van der Waals surface area (Å²) in [7, 11) is 0. The van der Waals surface area contributed by atoms with Crippen LogP contribution < -0.4 is 5.73 Å². The zero-order valence-electron chi connectivity index (χ0n) is 10.8. The van der Waals surface area contributed by atoms with Gasteiger partial charge in [0.2, 0.25) is 0 Å². The molecule has 0 aliphatic rings. The number of nitrogens with two attached hydrogens (primary N) is 1. The molecule has 1 aromatic heterocycles. The van der Waals surface area contributed by atoms with Gasteiger partial charge in [0.15, 0.2) is 5.82 Å². The van der Waals surface area contributed by atoms with Crippen LogP contribution in [0.4, 0.5) is 11.5 Å². The molecule has 2 N–H and O–H groups in total. The van der Waals surface area contributed by atoms with Gasteiger partial charge in [-0.25, -0.2) is 4.68 Å². The van der Waals surface area contributed by atoms with Crippen LogP contribution in [0.3, 0.4) is 0 Å². The lowest BCUT2D eigenvalue weighted by atomic mass is 10.1. The quantitative estimate of drug-likeness (QED) is 0.669. The first-order valence-electron chi connectivity index (χ1n) is 5.91. The lowest BCUT2D eigenvalue weighted by molar-refractivity contribution is -0.384. The maximum Gasteiger partial charge on any atom is 0.269 e. The minimum absolute atomic E-state index is 0.0664. The van der Waals surface area contributed by atoms with E-state index < -0.39 is 4.92 Å². The molecule has 1 aromatic carbocycles. The molecule has 7 heteroatoms. The van der Waals surface area contributed by atoms with Gasteiger partial charge in [-0.3, -0.25) is 10.1 Å². The smallest absolute Gasteiger partial charge is 0.269 e. The SMILES string of the molecule is CC(C)c1c(N)nnn1Cc1cccc([N+](=O)[O-])c1. The summed E-state index contributed by atoms with van der Waals surface area (Å²) in [6.45, 7) is 4.41. The van der Waals surface area contributed by atoms with Crippen molar-refractivity contribution in [3.8, 4) is 0 Å². The molecule has 0 aliphatic heterocycles. The lowest BCUT2D eigenvalue weighted by Crippen LogP contribution is -2.09. The van der Waals surface area contributed by atoms with E-state index in [1.807, 2.05) is 19.9 Å². The third-order valence-electron chi connectivity index (χ3n) is 2.80. The zero-order valence-corrected chi connectivity index (χ0v) is 10.8. The Hall–Kier alpha value is -2.44. The number of benzene rings is 1. The zero-order chi connectivity index (χ0) is 14.0. The molecule has 0 saturated carbocycles. The monoisotopic (exact) mass is 261 g/mol. The van der Waals surface area contributed by atoms with Crippen LogP contribution in [0.25, 0.3) is 0 Å². The molecule has 0 spiro atoms. The Morgan fingerprint density at radius 3 is 2.84 bits per heavy atom. The molecule has 0 atom stereocenters. The summed E-state index contributed by atoms with van der Waals surface area (Å²) < 4.78 is 1.68. The topological polar surface area (TPSA) is 99.9 Å². The fourth-order valence-electron chi connectivity index (χ4n) is 1.99. The fraction of sp³-hybridized carbons (Fsp3) is 0.333. The second kappa shape index (κ2) is 5.05. The summed E-state index contributed by atoms with van der Waals surface area (Å²) in [4.78, 5) is 10.3. The van der Waals surface area contributed by atoms with Gasteiger partial charge in [-0.2, -0.15) is 0 Å². The van der Waals surface area contributed by atoms with E-state index in [2.05, 4.69) is 10.3 Å². The number of rotatable bonds is 4. The highest BCUT2D eigenvalue weighted by atomic mass is 16.6. The second-order valence-electron chi connectivity index (χ2n) is 4.60. The first kappa shape index (κ1) is 13.0. The fourth-order valence-corrected chi connectivity index (χ4v) is 1.99. The number of nitro benzene ring substituents is 1. The Morgan fingerprint density at radius 1 is 1.47 bits per heavy atom. The largest absolute Gasteiger partial charge is 0.381 e. The van der Waals surface area contributed by atoms with Gasteiger partial charge in [0.05, 0.1) is 17.2 Å². The van der Waals surface area contributed by atoms with Crippen molar-refractivity contribution < 1.29 is 4.92 Å². The number of nitrogens with zero attached hydrogens (tertiary/aromatic N) is 4. The van der Waals surface area contributed by atoms with Crippen molar-refractivity contribution in [1.82, 2.24) is 15.0 Å². The van der Waals surface area contributed by atoms with Gasteiger partial charge in [-0.05, 0) is 11.5 Å². The number of anilines is 1. The van der Waals surface area contributed by atoms with E-state index in [1.54, 1.807) is 10.7 Å². The average Bonchev–Trinajstić information content (AvgIpc) is 2.70. The van der Waals surface area contributed by atoms with Crippen LogP contribution in [0.1, 0.15) is 31.0 Å². The molecule has 0 bridgehead atoms. The van der Waals surface area contributed by atoms with Gasteiger partial charge in [0.1, 0.15) is 0 Å². The Bertz CT molecular complexity index is 606. The average molecular weight is 261 g/mol. The third kappa shape index (κ3) is 2.70. The highest BCUT2D eigenvalue weighted by molar-refractivity contribution is 5.37. The van der Waals surface area contributed by atoms with Gasteiger partial charge in [-0.15, -0.1) is 5.10 Å². The van der Waals surface area contributed by atoms with Gasteiger partial charge in [0, 0.05) is 12.1 Å². The maximum atomic E-state index is 10.7. The Kier molecular flexibility index (Phi) is 3.46. The van der Waals surface area contributed by atoms with Crippen molar-refractivity contribution in [2.45, 2.75) is 26.3 Å². The molecule has 0 saturated heterocycles. The van der Waals surface area contributed by atoms with Crippen molar-refractivity contribution in [2.24, 2.45) is 0 Å². The van der Waals surface area contributed by atoms with Crippen molar-refractivity contribution in [1.29, 1.82) is 0 Å². The molecule has 7 nitrogen and oxygen atoms in total. The molecule has 1 heterocycles. The number of nitro groups is 1. The van der Waals surface area contributed by atoms with Gasteiger partial charge >= 0.3 is 0 Å². The van der Waals surface area contributed by atoms with E-state index in [0.717, 1.165) is 11.3 Å². The molecule has 0 fully saturated rings. The van der Waals surface area contributed by atoms with E-state index in [9.17, 15) is 10.1 Å². The molecule has 0 amide bonds. The number of nitrogen functional groups attached to an aromatic ring is 1. The van der Waals surface area contributed by atoms with Crippen LogP contribution in [0, 0.1) is 10.1 Å². The van der Waals surface area contributed by atoms with Crippen molar-refractivity contribution in [3.63, 3.8) is 0 Å². The van der Waals surface area contributed by atoms with Crippen LogP contribution in [0.2, 0.25) is 0 Å². The van der Waals surface area contributed by atoms with Gasteiger partial charge in [0.25, 0.3) is 5.69 Å². The van der Waals surface area contributed by atoms with Crippen LogP contribution in [0.15, 0.2) is 24.3 Å². The van der Waals surface area contributed by atoms with E-state index >= 15 is 0 Å². The summed E-state index contributed by atoms with van der Waals surface area (Å²) in [6, 6.07) is 6.46. The van der Waals surface area contributed by atoms with Crippen molar-refractivity contribution >= 4 is 11.5 Å². The predicted octanol–water partition coefficient (Wildman–Crippen LogP) is 1.94. The molecule has 2 aromatic rings. The van der Waals surface area contributed by atoms with E-state index in [4.69, 9.17) is 5.73 Å². The van der Waals surface area contributed by atoms with Crippen LogP contribution >= 0.6 is 0 Å². The number of hydrogen-bond acceptors (Lipinski definition) is 5. The minimum Gasteiger partial charge on any atom is -0.381 e. The molecule has 100 valence electrons. The standard InChI is InChI=1S/C12H15N5O2/c1-8(2)11-12(13)14-15-16(11)7-9-4-3-5-10(6-9)17(18)19/h3-6,8H,7,13H2,1-2H3. The van der Waals surface area contributed by atoms with E-state index in [0.29, 0.717) is 12.4 Å². The van der Waals surface area contributed by atoms with Crippen LogP contribution in [-0.2, 0) is 6.54 Å². The maximum absolute atomic E-state index is 10.7. The summed E-state index contributed by atoms with van der Waals surface area (Å²) in [5.74, 6) is 0.592. The number of aromatic nitrogens is 3. The van der Waals surface area contributed by atoms with Crippen molar-refractivity contribution in [2.75, 3.05) is 5.73 Å². The van der Waals surface area contributed by atoms with Crippen molar-refractivity contribution in [3.05, 3.63) is 45.6 Å². The third-order valence-corrected chi connectivity index (χ3v) is 2.80. The summed E-state index contributed by atoms with van der Waals surface area (Å²) in [5, 5.41) is 18.6. The predicted molar refractivity (Wildman–Crippen MR) is 70.7 cm³/mol. The molecule has 0 radical (unpaired) electrons. The lowest BCUT2D eigenvalue weighted by Gasteiger charge is -2.09. The summed E-state index contributed by atoms with van der Waals surface area (Å²) in [5.41, 5.74) is 7.47. The molecule has 19 heavy (non-hydrogen) atoms. The Balaban J connectivity index is 2.31. The molecule has 2 rings (SSSR count). The molecular formula is C12H15N5O2. The summed E-state index contributed by atoms with van der Waals surface area (Å²) in [6.07, 6.45) is 0. The van der Waals surface area contributed by atoms with E-state index in [-0.39, 0.29) is 11.6 Å². The minimum atomic E-state index is -0.414. The molecule has 0 aliphatic carbocycles. The van der Waals surface area contributed by atoms with Gasteiger partial charge in [-0.1, -0.05) is 31.2 Å². The Morgan fingerprint density at radius 2 is 2.21 bits per heavy atom. The second-order valence-corrected chi connectivity index (χ2v) is 4.60. The molecular weight excluding hydrogens is 246 g/mol. The van der Waals surface area contributed by atoms with Crippen LogP contribution in [-0.4, -0.2) is 19.9 Å². The first-order valence-corrected chi connectivity index (χ1v) is 5.91. The summed E-state index contributed by atoms with van der Waals surface area (Å²) >= 11 is 0. The molecule has 0 unspecified atom stereocenters. The number of non-ortho nitro benzene ring substituents is 1. The van der Waals surface area contributed by atoms with Gasteiger partial charge < -0.3 is 5.73 Å². The first-order chi connectivity index (χ1) is 8.99. The Labute approximate surface area is 110 Å². The highest BCUT2D eigenvalue weighted by Crippen LogP contribution is 2.21. The number of hydrogen-bond donors (Lipinski definition) is 1. The normalized spacial score (nSPS) is 10.9. The van der Waals surface area contributed by atoms with Crippen LogP contribution in [0.5, 0.6) is 0 Å². The highest BCUT2D eigenvalue weighted by Gasteiger charge is 2.14.